The second kappa shape index (κ2) is 4.27. The van der Waals surface area contributed by atoms with Crippen molar-refractivity contribution < 1.29 is 14.7 Å². The molecule has 0 radical (unpaired) electrons. The number of carboxylic acids is 1. The quantitative estimate of drug-likeness (QED) is 0.623. The minimum absolute atomic E-state index is 0.207. The summed E-state index contributed by atoms with van der Waals surface area (Å²) in [7, 11) is 0. The molecule has 14 heavy (non-hydrogen) atoms. The number of amides is 1. The van der Waals surface area contributed by atoms with Crippen LogP contribution in [0.25, 0.3) is 0 Å². The van der Waals surface area contributed by atoms with Crippen molar-refractivity contribution in [1.29, 1.82) is 0 Å². The summed E-state index contributed by atoms with van der Waals surface area (Å²) >= 11 is 0. The molecule has 5 nitrogen and oxygen atoms in total. The van der Waals surface area contributed by atoms with E-state index in [9.17, 15) is 9.59 Å². The maximum Gasteiger partial charge on any atom is 0.335 e. The summed E-state index contributed by atoms with van der Waals surface area (Å²) in [4.78, 5) is 21.0. The van der Waals surface area contributed by atoms with E-state index in [1.54, 1.807) is 12.1 Å². The lowest BCUT2D eigenvalue weighted by atomic mass is 10.2. The second-order valence-electron chi connectivity index (χ2n) is 2.69. The zero-order chi connectivity index (χ0) is 10.6. The Morgan fingerprint density at radius 1 is 1.21 bits per heavy atom. The first-order valence-corrected chi connectivity index (χ1v) is 3.95. The molecule has 0 aliphatic rings. The number of hydrazine groups is 1. The Morgan fingerprint density at radius 2 is 1.79 bits per heavy atom. The van der Waals surface area contributed by atoms with Crippen molar-refractivity contribution >= 4 is 17.6 Å². The highest BCUT2D eigenvalue weighted by molar-refractivity contribution is 5.88. The first-order chi connectivity index (χ1) is 6.59. The van der Waals surface area contributed by atoms with E-state index in [1.165, 1.54) is 19.1 Å². The van der Waals surface area contributed by atoms with E-state index in [0.717, 1.165) is 0 Å². The molecule has 5 heteroatoms. The molecule has 74 valence electrons. The predicted molar refractivity (Wildman–Crippen MR) is 50.8 cm³/mol. The molecule has 1 rings (SSSR count). The number of carbonyl (C=O) groups excluding carboxylic acids is 1. The van der Waals surface area contributed by atoms with Crippen molar-refractivity contribution in [3.8, 4) is 0 Å². The standard InChI is InChI=1S/C9H10N2O3/c1-6(12)10-11-8-4-2-7(3-5-8)9(13)14/h2-5,11H,1H3,(H,10,12)(H,13,14). The molecule has 0 unspecified atom stereocenters. The number of anilines is 1. The Kier molecular flexibility index (Phi) is 3.06. The molecular weight excluding hydrogens is 184 g/mol. The second-order valence-corrected chi connectivity index (χ2v) is 2.69. The fraction of sp³-hybridized carbons (Fsp3) is 0.111. The van der Waals surface area contributed by atoms with E-state index in [-0.39, 0.29) is 11.5 Å². The van der Waals surface area contributed by atoms with Crippen molar-refractivity contribution in [3.63, 3.8) is 0 Å². The number of hydrogen-bond donors (Lipinski definition) is 3. The first-order valence-electron chi connectivity index (χ1n) is 3.95. The minimum atomic E-state index is -0.976. The molecule has 0 saturated heterocycles. The van der Waals surface area contributed by atoms with E-state index in [4.69, 9.17) is 5.11 Å². The molecule has 0 saturated carbocycles. The lowest BCUT2D eigenvalue weighted by Crippen LogP contribution is -2.26. The molecule has 3 N–H and O–H groups in total. The predicted octanol–water partition coefficient (Wildman–Crippen LogP) is 0.848. The fourth-order valence-corrected chi connectivity index (χ4v) is 0.856. The highest BCUT2D eigenvalue weighted by Crippen LogP contribution is 2.07. The smallest absolute Gasteiger partial charge is 0.335 e. The van der Waals surface area contributed by atoms with Crippen LogP contribution in [-0.4, -0.2) is 17.0 Å². The van der Waals surface area contributed by atoms with E-state index >= 15 is 0 Å². The monoisotopic (exact) mass is 194 g/mol. The Morgan fingerprint density at radius 3 is 2.21 bits per heavy atom. The summed E-state index contributed by atoms with van der Waals surface area (Å²) in [6.45, 7) is 1.37. The van der Waals surface area contributed by atoms with Crippen LogP contribution < -0.4 is 10.9 Å². The normalized spacial score (nSPS) is 9.21. The Labute approximate surface area is 80.7 Å². The zero-order valence-corrected chi connectivity index (χ0v) is 7.57. The Balaban J connectivity index is 2.64. The van der Waals surface area contributed by atoms with Gasteiger partial charge in [-0.25, -0.2) is 4.79 Å². The fourth-order valence-electron chi connectivity index (χ4n) is 0.856. The van der Waals surface area contributed by atoms with E-state index in [1.807, 2.05) is 0 Å². The van der Waals surface area contributed by atoms with E-state index < -0.39 is 5.97 Å². The van der Waals surface area contributed by atoms with Crippen molar-refractivity contribution in [2.45, 2.75) is 6.92 Å². The van der Waals surface area contributed by atoms with Crippen molar-refractivity contribution in [1.82, 2.24) is 5.43 Å². The number of rotatable bonds is 3. The third kappa shape index (κ3) is 2.78. The van der Waals surface area contributed by atoms with Crippen LogP contribution in [0.15, 0.2) is 24.3 Å². The maximum absolute atomic E-state index is 10.5. The lowest BCUT2D eigenvalue weighted by Gasteiger charge is -2.05. The van der Waals surface area contributed by atoms with Gasteiger partial charge in [0.05, 0.1) is 11.3 Å². The van der Waals surface area contributed by atoms with Gasteiger partial charge in [-0.1, -0.05) is 0 Å². The molecule has 0 atom stereocenters. The summed E-state index contributed by atoms with van der Waals surface area (Å²) in [5.74, 6) is -1.19. The van der Waals surface area contributed by atoms with Gasteiger partial charge in [-0.3, -0.25) is 15.6 Å². The molecule has 0 spiro atoms. The van der Waals surface area contributed by atoms with Gasteiger partial charge in [0.25, 0.3) is 0 Å². The zero-order valence-electron chi connectivity index (χ0n) is 7.57. The van der Waals surface area contributed by atoms with Gasteiger partial charge in [-0.2, -0.15) is 0 Å². The lowest BCUT2D eigenvalue weighted by molar-refractivity contribution is -0.118. The van der Waals surface area contributed by atoms with Gasteiger partial charge < -0.3 is 5.11 Å². The van der Waals surface area contributed by atoms with Gasteiger partial charge in [0.2, 0.25) is 5.91 Å². The summed E-state index contributed by atoms with van der Waals surface area (Å²) in [6.07, 6.45) is 0. The molecule has 0 aromatic heterocycles. The van der Waals surface area contributed by atoms with Crippen LogP contribution in [-0.2, 0) is 4.79 Å². The molecule has 0 fully saturated rings. The summed E-state index contributed by atoms with van der Waals surface area (Å²) in [6, 6.07) is 6.04. The minimum Gasteiger partial charge on any atom is -0.478 e. The number of hydrogen-bond acceptors (Lipinski definition) is 3. The van der Waals surface area contributed by atoms with Crippen LogP contribution in [0.1, 0.15) is 17.3 Å². The van der Waals surface area contributed by atoms with Crippen LogP contribution in [0.3, 0.4) is 0 Å². The maximum atomic E-state index is 10.5. The highest BCUT2D eigenvalue weighted by atomic mass is 16.4. The van der Waals surface area contributed by atoms with Crippen molar-refractivity contribution in [3.05, 3.63) is 29.8 Å². The van der Waals surface area contributed by atoms with Crippen molar-refractivity contribution in [2.75, 3.05) is 5.43 Å². The van der Waals surface area contributed by atoms with Crippen LogP contribution >= 0.6 is 0 Å². The Hall–Kier alpha value is -2.04. The number of carbonyl (C=O) groups is 2. The molecule has 1 amide bonds. The van der Waals surface area contributed by atoms with Gasteiger partial charge in [0.15, 0.2) is 0 Å². The van der Waals surface area contributed by atoms with Gasteiger partial charge in [-0.15, -0.1) is 0 Å². The largest absolute Gasteiger partial charge is 0.478 e. The van der Waals surface area contributed by atoms with Crippen LogP contribution in [0.5, 0.6) is 0 Å². The third-order valence-corrected chi connectivity index (χ3v) is 1.51. The number of benzene rings is 1. The van der Waals surface area contributed by atoms with E-state index in [0.29, 0.717) is 5.69 Å². The third-order valence-electron chi connectivity index (χ3n) is 1.51. The van der Waals surface area contributed by atoms with Crippen LogP contribution in [0.4, 0.5) is 5.69 Å². The van der Waals surface area contributed by atoms with Gasteiger partial charge in [-0.05, 0) is 24.3 Å². The number of aromatic carboxylic acids is 1. The molecule has 0 aliphatic carbocycles. The summed E-state index contributed by atoms with van der Waals surface area (Å²) < 4.78 is 0. The molecule has 0 heterocycles. The number of nitrogens with one attached hydrogen (secondary N) is 2. The highest BCUT2D eigenvalue weighted by Gasteiger charge is 2.00. The van der Waals surface area contributed by atoms with E-state index in [2.05, 4.69) is 10.9 Å². The molecule has 1 aromatic rings. The summed E-state index contributed by atoms with van der Waals surface area (Å²) in [5.41, 5.74) is 5.83. The van der Waals surface area contributed by atoms with Gasteiger partial charge >= 0.3 is 5.97 Å². The van der Waals surface area contributed by atoms with Crippen LogP contribution in [0.2, 0.25) is 0 Å². The first kappa shape index (κ1) is 10.0. The van der Waals surface area contributed by atoms with Crippen molar-refractivity contribution in [2.24, 2.45) is 0 Å². The molecule has 0 aliphatic heterocycles. The van der Waals surface area contributed by atoms with Crippen LogP contribution in [0, 0.1) is 0 Å². The molecule has 0 bridgehead atoms. The SMILES string of the molecule is CC(=O)NNc1ccc(C(=O)O)cc1. The number of carboxylic acid groups (broad SMARTS) is 1. The Bertz CT molecular complexity index is 346. The average molecular weight is 194 g/mol. The topological polar surface area (TPSA) is 78.4 Å². The molecular formula is C9H10N2O3. The summed E-state index contributed by atoms with van der Waals surface area (Å²) in [5, 5.41) is 8.60. The van der Waals surface area contributed by atoms with Gasteiger partial charge in [0, 0.05) is 6.92 Å². The molecule has 1 aromatic carbocycles. The van der Waals surface area contributed by atoms with Gasteiger partial charge in [0.1, 0.15) is 0 Å². The average Bonchev–Trinajstić information content (AvgIpc) is 2.15.